The molecule has 0 amide bonds. The van der Waals surface area contributed by atoms with Gasteiger partial charge >= 0.3 is 0 Å². The number of ether oxygens (including phenoxy) is 2. The van der Waals surface area contributed by atoms with Gasteiger partial charge in [0.2, 0.25) is 0 Å². The summed E-state index contributed by atoms with van der Waals surface area (Å²) >= 11 is 0. The lowest BCUT2D eigenvalue weighted by Gasteiger charge is -2.17. The molecule has 0 aromatic heterocycles. The van der Waals surface area contributed by atoms with Crippen LogP contribution in [-0.4, -0.2) is 30.2 Å². The molecule has 2 heterocycles. The SMILES string of the molecule is O[C@H]1C=C[C@H]2CO[C@H]1O2. The molecule has 0 aliphatic carbocycles. The Labute approximate surface area is 52.9 Å². The molecule has 2 aliphatic heterocycles. The largest absolute Gasteiger partial charge is 0.384 e. The monoisotopic (exact) mass is 128 g/mol. The molecular weight excluding hydrogens is 120 g/mol. The minimum absolute atomic E-state index is 0.0819. The Morgan fingerprint density at radius 2 is 2.33 bits per heavy atom. The average Bonchev–Trinajstić information content (AvgIpc) is 2.25. The first-order valence-corrected chi connectivity index (χ1v) is 3.00. The number of aliphatic hydroxyl groups excluding tert-OH is 1. The first-order valence-electron chi connectivity index (χ1n) is 3.00. The van der Waals surface area contributed by atoms with Gasteiger partial charge < -0.3 is 14.6 Å². The highest BCUT2D eigenvalue weighted by Crippen LogP contribution is 2.20. The Morgan fingerprint density at radius 3 is 3.11 bits per heavy atom. The normalized spacial score (nSPS) is 47.9. The number of rotatable bonds is 0. The Bertz CT molecular complexity index is 143. The average molecular weight is 128 g/mol. The molecule has 9 heavy (non-hydrogen) atoms. The van der Waals surface area contributed by atoms with E-state index >= 15 is 0 Å². The summed E-state index contributed by atoms with van der Waals surface area (Å²) < 4.78 is 10.2. The standard InChI is InChI=1S/C6H8O3/c7-5-2-1-4-3-8-6(5)9-4/h1-2,4-7H,3H2/t4-,5-,6-/m0/s1. The first kappa shape index (κ1) is 5.41. The molecule has 0 unspecified atom stereocenters. The van der Waals surface area contributed by atoms with E-state index in [9.17, 15) is 0 Å². The molecule has 3 heteroatoms. The fourth-order valence-corrected chi connectivity index (χ4v) is 1.05. The zero-order valence-electron chi connectivity index (χ0n) is 4.86. The van der Waals surface area contributed by atoms with E-state index < -0.39 is 12.4 Å². The molecule has 0 aromatic carbocycles. The number of fused-ring (bicyclic) bond motifs is 2. The predicted molar refractivity (Wildman–Crippen MR) is 29.8 cm³/mol. The summed E-state index contributed by atoms with van der Waals surface area (Å²) in [6.07, 6.45) is 2.65. The van der Waals surface area contributed by atoms with Crippen LogP contribution in [0, 0.1) is 0 Å². The van der Waals surface area contributed by atoms with Crippen LogP contribution in [0.3, 0.4) is 0 Å². The van der Waals surface area contributed by atoms with Gasteiger partial charge in [-0.25, -0.2) is 0 Å². The van der Waals surface area contributed by atoms with Gasteiger partial charge in [-0.15, -0.1) is 0 Å². The molecule has 2 rings (SSSR count). The lowest BCUT2D eigenvalue weighted by Crippen LogP contribution is -2.28. The van der Waals surface area contributed by atoms with Crippen molar-refractivity contribution in [3.8, 4) is 0 Å². The molecular formula is C6H8O3. The van der Waals surface area contributed by atoms with E-state index in [1.165, 1.54) is 0 Å². The fraction of sp³-hybridized carbons (Fsp3) is 0.667. The van der Waals surface area contributed by atoms with Crippen molar-refractivity contribution >= 4 is 0 Å². The van der Waals surface area contributed by atoms with Gasteiger partial charge in [0.1, 0.15) is 12.2 Å². The predicted octanol–water partition coefficient (Wildman–Crippen LogP) is -0.341. The summed E-state index contributed by atoms with van der Waals surface area (Å²) in [5.74, 6) is 0. The van der Waals surface area contributed by atoms with E-state index in [0.29, 0.717) is 6.61 Å². The Hall–Kier alpha value is -0.380. The number of hydrogen-bond donors (Lipinski definition) is 1. The third-order valence-electron chi connectivity index (χ3n) is 1.54. The van der Waals surface area contributed by atoms with Crippen LogP contribution in [0.5, 0.6) is 0 Å². The zero-order chi connectivity index (χ0) is 6.27. The van der Waals surface area contributed by atoms with Crippen LogP contribution < -0.4 is 0 Å². The Balaban J connectivity index is 2.19. The molecule has 3 nitrogen and oxygen atoms in total. The van der Waals surface area contributed by atoms with Gasteiger partial charge in [-0.2, -0.15) is 0 Å². The molecule has 2 aliphatic rings. The summed E-state index contributed by atoms with van der Waals surface area (Å²) in [4.78, 5) is 0. The zero-order valence-corrected chi connectivity index (χ0v) is 4.86. The van der Waals surface area contributed by atoms with Crippen LogP contribution in [0.25, 0.3) is 0 Å². The topological polar surface area (TPSA) is 38.7 Å². The van der Waals surface area contributed by atoms with Crippen molar-refractivity contribution < 1.29 is 14.6 Å². The Morgan fingerprint density at radius 1 is 1.44 bits per heavy atom. The maximum atomic E-state index is 9.06. The highest BCUT2D eigenvalue weighted by Gasteiger charge is 2.32. The van der Waals surface area contributed by atoms with Gasteiger partial charge in [-0.3, -0.25) is 0 Å². The van der Waals surface area contributed by atoms with Crippen LogP contribution in [0.2, 0.25) is 0 Å². The first-order chi connectivity index (χ1) is 4.36. The van der Waals surface area contributed by atoms with Crippen molar-refractivity contribution in [2.24, 2.45) is 0 Å². The fourth-order valence-electron chi connectivity index (χ4n) is 1.05. The van der Waals surface area contributed by atoms with Crippen molar-refractivity contribution in [1.29, 1.82) is 0 Å². The van der Waals surface area contributed by atoms with Crippen molar-refractivity contribution in [2.45, 2.75) is 18.5 Å². The van der Waals surface area contributed by atoms with Gasteiger partial charge in [0.25, 0.3) is 0 Å². The van der Waals surface area contributed by atoms with Gasteiger partial charge in [0, 0.05) is 0 Å². The number of aliphatic hydroxyl groups is 1. The van der Waals surface area contributed by atoms with E-state index in [-0.39, 0.29) is 6.10 Å². The minimum Gasteiger partial charge on any atom is -0.384 e. The second-order valence-electron chi connectivity index (χ2n) is 2.25. The van der Waals surface area contributed by atoms with Gasteiger partial charge in [-0.1, -0.05) is 12.2 Å². The molecule has 1 fully saturated rings. The second kappa shape index (κ2) is 1.80. The van der Waals surface area contributed by atoms with Gasteiger partial charge in [0.15, 0.2) is 6.29 Å². The molecule has 3 atom stereocenters. The maximum Gasteiger partial charge on any atom is 0.188 e. The molecule has 0 saturated carbocycles. The summed E-state index contributed by atoms with van der Waals surface area (Å²) in [6.45, 7) is 0.582. The van der Waals surface area contributed by atoms with Crippen LogP contribution in [0.15, 0.2) is 12.2 Å². The third kappa shape index (κ3) is 0.775. The molecule has 0 radical (unpaired) electrons. The van der Waals surface area contributed by atoms with Crippen LogP contribution in [0.1, 0.15) is 0 Å². The van der Waals surface area contributed by atoms with E-state index in [1.54, 1.807) is 6.08 Å². The molecule has 1 N–H and O–H groups in total. The molecule has 50 valence electrons. The van der Waals surface area contributed by atoms with E-state index in [1.807, 2.05) is 6.08 Å². The smallest absolute Gasteiger partial charge is 0.188 e. The summed E-state index contributed by atoms with van der Waals surface area (Å²) in [5.41, 5.74) is 0. The van der Waals surface area contributed by atoms with Gasteiger partial charge in [-0.05, 0) is 0 Å². The van der Waals surface area contributed by atoms with E-state index in [4.69, 9.17) is 14.6 Å². The van der Waals surface area contributed by atoms with Crippen molar-refractivity contribution in [1.82, 2.24) is 0 Å². The number of hydrogen-bond acceptors (Lipinski definition) is 3. The van der Waals surface area contributed by atoms with E-state index in [0.717, 1.165) is 0 Å². The van der Waals surface area contributed by atoms with Crippen molar-refractivity contribution in [3.63, 3.8) is 0 Å². The van der Waals surface area contributed by atoms with Crippen molar-refractivity contribution in [3.05, 3.63) is 12.2 Å². The summed E-state index contributed by atoms with van der Waals surface area (Å²) in [5, 5.41) is 9.06. The third-order valence-corrected chi connectivity index (χ3v) is 1.54. The van der Waals surface area contributed by atoms with Crippen LogP contribution >= 0.6 is 0 Å². The molecule has 1 saturated heterocycles. The quantitative estimate of drug-likeness (QED) is 0.453. The second-order valence-corrected chi connectivity index (χ2v) is 2.25. The molecule has 2 bridgehead atoms. The lowest BCUT2D eigenvalue weighted by atomic mass is 10.2. The maximum absolute atomic E-state index is 9.06. The summed E-state index contributed by atoms with van der Waals surface area (Å²) in [6, 6.07) is 0. The van der Waals surface area contributed by atoms with Crippen molar-refractivity contribution in [2.75, 3.05) is 6.61 Å². The van der Waals surface area contributed by atoms with Crippen LogP contribution in [0.4, 0.5) is 0 Å². The highest BCUT2D eigenvalue weighted by atomic mass is 16.7. The minimum atomic E-state index is -0.566. The highest BCUT2D eigenvalue weighted by molar-refractivity contribution is 5.02. The summed E-state index contributed by atoms with van der Waals surface area (Å²) in [7, 11) is 0. The van der Waals surface area contributed by atoms with Gasteiger partial charge in [0.05, 0.1) is 6.61 Å². The Kier molecular flexibility index (Phi) is 1.08. The molecule has 0 spiro atoms. The lowest BCUT2D eigenvalue weighted by molar-refractivity contribution is -0.115. The van der Waals surface area contributed by atoms with E-state index in [2.05, 4.69) is 0 Å². The van der Waals surface area contributed by atoms with Crippen LogP contribution in [-0.2, 0) is 9.47 Å². The molecule has 0 aromatic rings.